The Morgan fingerprint density at radius 2 is 1.35 bits per heavy atom. The third-order valence-electron chi connectivity index (χ3n) is 7.28. The second-order valence-corrected chi connectivity index (χ2v) is 10.1. The van der Waals surface area contributed by atoms with Crippen LogP contribution in [0.25, 0.3) is 11.1 Å². The number of nitrogens with one attached hydrogen (secondary N) is 1. The smallest absolute Gasteiger partial charge is 0.305 e. The van der Waals surface area contributed by atoms with Crippen molar-refractivity contribution in [2.24, 2.45) is 0 Å². The van der Waals surface area contributed by atoms with Gasteiger partial charge in [-0.2, -0.15) is 0 Å². The average Bonchev–Trinajstić information content (AvgIpc) is 3.03. The van der Waals surface area contributed by atoms with Crippen LogP contribution in [0.2, 0.25) is 0 Å². The normalized spacial score (nSPS) is 10.6. The number of hydrogen-bond donors (Lipinski definition) is 2. The molecule has 4 rings (SSSR count). The van der Waals surface area contributed by atoms with Crippen molar-refractivity contribution in [3.05, 3.63) is 119 Å². The summed E-state index contributed by atoms with van der Waals surface area (Å²) in [5.74, 6) is -0.316. The Labute approximate surface area is 251 Å². The summed E-state index contributed by atoms with van der Waals surface area (Å²) in [7, 11) is 3.14. The number of carbonyl (C=O) groups is 3. The molecule has 0 radical (unpaired) electrons. The first kappa shape index (κ1) is 30.8. The molecule has 0 spiro atoms. The van der Waals surface area contributed by atoms with Gasteiger partial charge in [-0.3, -0.25) is 14.4 Å². The lowest BCUT2D eigenvalue weighted by molar-refractivity contribution is -0.137. The van der Waals surface area contributed by atoms with Gasteiger partial charge in [-0.1, -0.05) is 60.7 Å². The lowest BCUT2D eigenvalue weighted by Gasteiger charge is -2.24. The number of carboxylic acid groups (broad SMARTS) is 1. The van der Waals surface area contributed by atoms with E-state index in [1.807, 2.05) is 67.6 Å². The first-order valence-corrected chi connectivity index (χ1v) is 14.0. The molecule has 0 heterocycles. The highest BCUT2D eigenvalue weighted by Gasteiger charge is 2.23. The maximum Gasteiger partial charge on any atom is 0.305 e. The van der Waals surface area contributed by atoms with Gasteiger partial charge in [0.05, 0.1) is 20.6 Å². The van der Waals surface area contributed by atoms with Gasteiger partial charge < -0.3 is 24.8 Å². The largest absolute Gasteiger partial charge is 0.497 e. The van der Waals surface area contributed by atoms with Gasteiger partial charge >= 0.3 is 5.97 Å². The lowest BCUT2D eigenvalue weighted by Crippen LogP contribution is -2.35. The summed E-state index contributed by atoms with van der Waals surface area (Å²) >= 11 is 0. The molecular weight excluding hydrogens is 544 g/mol. The van der Waals surface area contributed by atoms with Crippen LogP contribution < -0.4 is 14.8 Å². The molecule has 0 aliphatic heterocycles. The molecule has 0 aromatic heterocycles. The highest BCUT2D eigenvalue weighted by molar-refractivity contribution is 6.06. The highest BCUT2D eigenvalue weighted by atomic mass is 16.5. The van der Waals surface area contributed by atoms with Crippen LogP contribution in [0, 0.1) is 6.92 Å². The molecule has 0 unspecified atom stereocenters. The molecule has 2 amide bonds. The second-order valence-electron chi connectivity index (χ2n) is 10.1. The van der Waals surface area contributed by atoms with Crippen LogP contribution in [-0.4, -0.2) is 55.1 Å². The Morgan fingerprint density at radius 1 is 0.767 bits per heavy atom. The minimum absolute atomic E-state index is 0.0299. The van der Waals surface area contributed by atoms with E-state index in [4.69, 9.17) is 9.47 Å². The standard InChI is InChI=1S/C35H36N2O6/c1-24-10-4-5-11-26(24)23-36-34(40)31-14-8-6-12-29(31)30-13-7-9-15-32(30)35(41)37(19-17-33(38)39)18-16-25-20-27(42-2)22-28(21-25)43-3/h4-15,20-22H,16-19,23H2,1-3H3,(H,36,40)(H,38,39). The van der Waals surface area contributed by atoms with Crippen molar-refractivity contribution < 1.29 is 29.0 Å². The van der Waals surface area contributed by atoms with Gasteiger partial charge in [-0.05, 0) is 65.4 Å². The fourth-order valence-electron chi connectivity index (χ4n) is 4.89. The fraction of sp³-hybridized carbons (Fsp3) is 0.229. The lowest BCUT2D eigenvalue weighted by atomic mass is 9.94. The molecule has 0 saturated heterocycles. The number of nitrogens with zero attached hydrogens (tertiary/aromatic N) is 1. The predicted octanol–water partition coefficient (Wildman–Crippen LogP) is 5.77. The molecule has 8 nitrogen and oxygen atoms in total. The van der Waals surface area contributed by atoms with Crippen molar-refractivity contribution in [2.75, 3.05) is 27.3 Å². The molecule has 222 valence electrons. The van der Waals surface area contributed by atoms with Crippen molar-refractivity contribution in [1.29, 1.82) is 0 Å². The van der Waals surface area contributed by atoms with E-state index in [-0.39, 0.29) is 31.3 Å². The molecule has 0 fully saturated rings. The monoisotopic (exact) mass is 580 g/mol. The van der Waals surface area contributed by atoms with Crippen molar-refractivity contribution in [3.8, 4) is 22.6 Å². The van der Waals surface area contributed by atoms with Crippen molar-refractivity contribution in [3.63, 3.8) is 0 Å². The number of aryl methyl sites for hydroxylation is 1. The number of rotatable bonds is 13. The maximum atomic E-state index is 14.0. The molecule has 0 aliphatic carbocycles. The van der Waals surface area contributed by atoms with Gasteiger partial charge in [-0.15, -0.1) is 0 Å². The summed E-state index contributed by atoms with van der Waals surface area (Å²) in [6, 6.07) is 27.6. The second kappa shape index (κ2) is 14.7. The van der Waals surface area contributed by atoms with Gasteiger partial charge in [0.1, 0.15) is 11.5 Å². The molecule has 4 aromatic rings. The molecule has 0 saturated carbocycles. The van der Waals surface area contributed by atoms with Gasteiger partial charge in [0.2, 0.25) is 0 Å². The Bertz CT molecular complexity index is 1580. The summed E-state index contributed by atoms with van der Waals surface area (Å²) in [6.45, 7) is 2.67. The van der Waals surface area contributed by atoms with Crippen molar-refractivity contribution in [2.45, 2.75) is 26.3 Å². The van der Waals surface area contributed by atoms with Crippen molar-refractivity contribution >= 4 is 17.8 Å². The number of hydrogen-bond acceptors (Lipinski definition) is 5. The van der Waals surface area contributed by atoms with Crippen LogP contribution in [0.5, 0.6) is 11.5 Å². The number of carbonyl (C=O) groups excluding carboxylic acids is 2. The van der Waals surface area contributed by atoms with Crippen LogP contribution in [0.4, 0.5) is 0 Å². The number of amides is 2. The number of methoxy groups -OCH3 is 2. The van der Waals surface area contributed by atoms with E-state index in [1.165, 1.54) is 0 Å². The summed E-state index contributed by atoms with van der Waals surface area (Å²) in [6.07, 6.45) is 0.256. The van der Waals surface area contributed by atoms with E-state index in [1.54, 1.807) is 49.5 Å². The zero-order chi connectivity index (χ0) is 30.8. The van der Waals surface area contributed by atoms with Crippen LogP contribution in [0.15, 0.2) is 91.0 Å². The van der Waals surface area contributed by atoms with E-state index in [9.17, 15) is 19.5 Å². The Balaban J connectivity index is 1.62. The Morgan fingerprint density at radius 3 is 1.98 bits per heavy atom. The van der Waals surface area contributed by atoms with Gasteiger partial charge in [-0.25, -0.2) is 0 Å². The highest BCUT2D eigenvalue weighted by Crippen LogP contribution is 2.29. The van der Waals surface area contributed by atoms with Crippen molar-refractivity contribution in [1.82, 2.24) is 10.2 Å². The van der Waals surface area contributed by atoms with Gasteiger partial charge in [0.25, 0.3) is 11.8 Å². The molecule has 8 heteroatoms. The average molecular weight is 581 g/mol. The third kappa shape index (κ3) is 8.01. The number of carboxylic acids is 1. The zero-order valence-electron chi connectivity index (χ0n) is 24.6. The van der Waals surface area contributed by atoms with E-state index in [2.05, 4.69) is 5.32 Å². The minimum atomic E-state index is -0.996. The first-order valence-electron chi connectivity index (χ1n) is 14.0. The Hall–Kier alpha value is -5.11. The third-order valence-corrected chi connectivity index (χ3v) is 7.28. The van der Waals surface area contributed by atoms with E-state index >= 15 is 0 Å². The zero-order valence-corrected chi connectivity index (χ0v) is 24.6. The Kier molecular flexibility index (Phi) is 10.5. The summed E-state index contributed by atoms with van der Waals surface area (Å²) in [4.78, 5) is 40.4. The number of aliphatic carboxylic acids is 1. The van der Waals surface area contributed by atoms with Crippen LogP contribution in [0.1, 0.15) is 43.8 Å². The van der Waals surface area contributed by atoms with Crippen LogP contribution >= 0.6 is 0 Å². The minimum Gasteiger partial charge on any atom is -0.497 e. The maximum absolute atomic E-state index is 14.0. The van der Waals surface area contributed by atoms with E-state index in [0.29, 0.717) is 46.7 Å². The first-order chi connectivity index (χ1) is 20.8. The summed E-state index contributed by atoms with van der Waals surface area (Å²) in [5.41, 5.74) is 5.02. The van der Waals surface area contributed by atoms with Gasteiger partial charge in [0, 0.05) is 36.8 Å². The molecule has 2 N–H and O–H groups in total. The number of benzene rings is 4. The molecule has 43 heavy (non-hydrogen) atoms. The van der Waals surface area contributed by atoms with E-state index in [0.717, 1.165) is 16.7 Å². The molecule has 4 aromatic carbocycles. The molecule has 0 bridgehead atoms. The van der Waals surface area contributed by atoms with Gasteiger partial charge in [0.15, 0.2) is 0 Å². The molecule has 0 atom stereocenters. The quantitative estimate of drug-likeness (QED) is 0.208. The predicted molar refractivity (Wildman–Crippen MR) is 166 cm³/mol. The summed E-state index contributed by atoms with van der Waals surface area (Å²) < 4.78 is 10.7. The number of ether oxygens (including phenoxy) is 2. The SMILES string of the molecule is COc1cc(CCN(CCC(=O)O)C(=O)c2ccccc2-c2ccccc2C(=O)NCc2ccccc2C)cc(OC)c1. The van der Waals surface area contributed by atoms with Crippen LogP contribution in [-0.2, 0) is 17.8 Å². The van der Waals surface area contributed by atoms with Crippen LogP contribution in [0.3, 0.4) is 0 Å². The molecular formula is C35H36N2O6. The topological polar surface area (TPSA) is 105 Å². The summed E-state index contributed by atoms with van der Waals surface area (Å²) in [5, 5.41) is 12.4. The van der Waals surface area contributed by atoms with E-state index < -0.39 is 5.97 Å². The fourth-order valence-corrected chi connectivity index (χ4v) is 4.89. The molecule has 0 aliphatic rings.